The molecule has 3 fully saturated rings. The SMILES string of the molecule is C=CCNC(=O)C1CCN(S(=O)(=O)N2CCC3(CC2)OCCO3)CC1. The Morgan fingerprint density at radius 2 is 1.68 bits per heavy atom. The second kappa shape index (κ2) is 7.71. The van der Waals surface area contributed by atoms with E-state index in [2.05, 4.69) is 11.9 Å². The molecule has 3 aliphatic rings. The van der Waals surface area contributed by atoms with Gasteiger partial charge in [0, 0.05) is 51.5 Å². The van der Waals surface area contributed by atoms with Crippen LogP contribution in [0.4, 0.5) is 0 Å². The Balaban J connectivity index is 1.52. The average molecular weight is 373 g/mol. The van der Waals surface area contributed by atoms with E-state index in [1.54, 1.807) is 6.08 Å². The minimum absolute atomic E-state index is 0.0209. The minimum atomic E-state index is -3.49. The normalized spacial score (nSPS) is 25.9. The molecule has 0 atom stereocenters. The summed E-state index contributed by atoms with van der Waals surface area (Å²) < 4.78 is 40.0. The second-order valence-electron chi connectivity index (χ2n) is 6.72. The van der Waals surface area contributed by atoms with Crippen molar-refractivity contribution in [3.63, 3.8) is 0 Å². The molecule has 0 aromatic rings. The number of amides is 1. The van der Waals surface area contributed by atoms with Crippen molar-refractivity contribution in [3.05, 3.63) is 12.7 Å². The van der Waals surface area contributed by atoms with E-state index in [4.69, 9.17) is 9.47 Å². The van der Waals surface area contributed by atoms with Crippen LogP contribution >= 0.6 is 0 Å². The van der Waals surface area contributed by atoms with E-state index in [9.17, 15) is 13.2 Å². The van der Waals surface area contributed by atoms with E-state index in [1.807, 2.05) is 0 Å². The van der Waals surface area contributed by atoms with Gasteiger partial charge in [-0.3, -0.25) is 4.79 Å². The Bertz CT molecular complexity index is 585. The van der Waals surface area contributed by atoms with Gasteiger partial charge < -0.3 is 14.8 Å². The van der Waals surface area contributed by atoms with Crippen molar-refractivity contribution >= 4 is 16.1 Å². The van der Waals surface area contributed by atoms with Crippen LogP contribution in [0.2, 0.25) is 0 Å². The fourth-order valence-electron chi connectivity index (χ4n) is 3.67. The van der Waals surface area contributed by atoms with Gasteiger partial charge in [-0.1, -0.05) is 6.08 Å². The number of rotatable bonds is 5. The van der Waals surface area contributed by atoms with E-state index in [0.717, 1.165) is 0 Å². The molecule has 9 heteroatoms. The molecule has 0 unspecified atom stereocenters. The fourth-order valence-corrected chi connectivity index (χ4v) is 5.32. The zero-order valence-corrected chi connectivity index (χ0v) is 15.3. The highest BCUT2D eigenvalue weighted by Gasteiger charge is 2.44. The summed E-state index contributed by atoms with van der Waals surface area (Å²) in [6.45, 7) is 6.74. The molecule has 3 rings (SSSR count). The molecule has 0 aromatic carbocycles. The highest BCUT2D eigenvalue weighted by atomic mass is 32.2. The zero-order chi connectivity index (χ0) is 17.9. The maximum atomic E-state index is 12.8. The predicted molar refractivity (Wildman–Crippen MR) is 91.9 cm³/mol. The predicted octanol–water partition coefficient (Wildman–Crippen LogP) is 0.0843. The molecule has 0 aromatic heterocycles. The van der Waals surface area contributed by atoms with E-state index in [-0.39, 0.29) is 11.8 Å². The summed E-state index contributed by atoms with van der Waals surface area (Å²) in [4.78, 5) is 12.0. The lowest BCUT2D eigenvalue weighted by molar-refractivity contribution is -0.179. The van der Waals surface area contributed by atoms with Crippen LogP contribution in [-0.4, -0.2) is 74.7 Å². The summed E-state index contributed by atoms with van der Waals surface area (Å²) in [5.41, 5.74) is 0. The lowest BCUT2D eigenvalue weighted by Crippen LogP contribution is -2.53. The van der Waals surface area contributed by atoms with Gasteiger partial charge in [0.2, 0.25) is 5.91 Å². The number of piperidine rings is 2. The Morgan fingerprint density at radius 1 is 1.12 bits per heavy atom. The molecule has 0 aliphatic carbocycles. The molecule has 1 spiro atoms. The highest BCUT2D eigenvalue weighted by Crippen LogP contribution is 2.33. The molecule has 25 heavy (non-hydrogen) atoms. The number of nitrogens with one attached hydrogen (secondary N) is 1. The van der Waals surface area contributed by atoms with Gasteiger partial charge in [0.25, 0.3) is 10.2 Å². The maximum Gasteiger partial charge on any atom is 0.281 e. The van der Waals surface area contributed by atoms with E-state index >= 15 is 0 Å². The van der Waals surface area contributed by atoms with Gasteiger partial charge >= 0.3 is 0 Å². The molecule has 3 aliphatic heterocycles. The molecule has 1 amide bonds. The van der Waals surface area contributed by atoms with Crippen LogP contribution in [0.3, 0.4) is 0 Å². The molecule has 0 bridgehead atoms. The molecule has 142 valence electrons. The number of nitrogens with zero attached hydrogens (tertiary/aromatic N) is 2. The summed E-state index contributed by atoms with van der Waals surface area (Å²) in [6, 6.07) is 0. The summed E-state index contributed by atoms with van der Waals surface area (Å²) in [5.74, 6) is -0.730. The molecule has 8 nitrogen and oxygen atoms in total. The third-order valence-corrected chi connectivity index (χ3v) is 7.23. The number of carbonyl (C=O) groups excluding carboxylic acids is 1. The van der Waals surface area contributed by atoms with Crippen LogP contribution in [-0.2, 0) is 24.5 Å². The second-order valence-corrected chi connectivity index (χ2v) is 8.65. The van der Waals surface area contributed by atoms with Crippen molar-refractivity contribution in [3.8, 4) is 0 Å². The molecular formula is C16H27N3O5S. The first-order valence-corrected chi connectivity index (χ1v) is 10.3. The lowest BCUT2D eigenvalue weighted by atomic mass is 9.97. The van der Waals surface area contributed by atoms with Gasteiger partial charge in [-0.05, 0) is 12.8 Å². The van der Waals surface area contributed by atoms with Crippen molar-refractivity contribution in [2.45, 2.75) is 31.5 Å². The van der Waals surface area contributed by atoms with Crippen molar-refractivity contribution < 1.29 is 22.7 Å². The summed E-state index contributed by atoms with van der Waals surface area (Å²) in [6.07, 6.45) is 3.86. The van der Waals surface area contributed by atoms with Gasteiger partial charge in [-0.25, -0.2) is 0 Å². The van der Waals surface area contributed by atoms with E-state index < -0.39 is 16.0 Å². The third-order valence-electron chi connectivity index (χ3n) is 5.20. The molecule has 3 saturated heterocycles. The quantitative estimate of drug-likeness (QED) is 0.690. The lowest BCUT2D eigenvalue weighted by Gasteiger charge is -2.40. The standard InChI is InChI=1S/C16H27N3O5S/c1-2-7-17-15(20)14-3-8-18(9-4-14)25(21,22)19-10-5-16(6-11-19)23-12-13-24-16/h2,14H,1,3-13H2,(H,17,20). The average Bonchev–Trinajstić information content (AvgIpc) is 3.08. The number of hydrogen-bond acceptors (Lipinski definition) is 5. The smallest absolute Gasteiger partial charge is 0.281 e. The van der Waals surface area contributed by atoms with Crippen LogP contribution < -0.4 is 5.32 Å². The highest BCUT2D eigenvalue weighted by molar-refractivity contribution is 7.86. The number of ether oxygens (including phenoxy) is 2. The Hall–Kier alpha value is -1.00. The van der Waals surface area contributed by atoms with Crippen LogP contribution in [0.15, 0.2) is 12.7 Å². The fraction of sp³-hybridized carbons (Fsp3) is 0.812. The number of carbonyl (C=O) groups is 1. The van der Waals surface area contributed by atoms with Crippen molar-refractivity contribution in [1.29, 1.82) is 0 Å². The molecule has 1 N–H and O–H groups in total. The molecule has 3 heterocycles. The first kappa shape index (κ1) is 18.8. The molecule has 0 radical (unpaired) electrons. The Morgan fingerprint density at radius 3 is 2.24 bits per heavy atom. The first-order chi connectivity index (χ1) is 12.0. The van der Waals surface area contributed by atoms with E-state index in [1.165, 1.54) is 8.61 Å². The van der Waals surface area contributed by atoms with Crippen LogP contribution in [0.1, 0.15) is 25.7 Å². The third kappa shape index (κ3) is 4.06. The van der Waals surface area contributed by atoms with Gasteiger partial charge in [-0.2, -0.15) is 17.0 Å². The van der Waals surface area contributed by atoms with Crippen molar-refractivity contribution in [2.75, 3.05) is 45.9 Å². The summed E-state index contributed by atoms with van der Waals surface area (Å²) in [5, 5.41) is 2.78. The van der Waals surface area contributed by atoms with Gasteiger partial charge in [0.05, 0.1) is 13.2 Å². The molecule has 0 saturated carbocycles. The monoisotopic (exact) mass is 373 g/mol. The van der Waals surface area contributed by atoms with E-state index in [0.29, 0.717) is 71.6 Å². The largest absolute Gasteiger partial charge is 0.352 e. The Labute approximate surface area is 149 Å². The van der Waals surface area contributed by atoms with Crippen molar-refractivity contribution in [1.82, 2.24) is 13.9 Å². The minimum Gasteiger partial charge on any atom is -0.352 e. The van der Waals surface area contributed by atoms with Gasteiger partial charge in [-0.15, -0.1) is 6.58 Å². The van der Waals surface area contributed by atoms with Crippen LogP contribution in [0.25, 0.3) is 0 Å². The topological polar surface area (TPSA) is 88.2 Å². The number of hydrogen-bond donors (Lipinski definition) is 1. The van der Waals surface area contributed by atoms with Gasteiger partial charge in [0.15, 0.2) is 5.79 Å². The maximum absolute atomic E-state index is 12.8. The molecular weight excluding hydrogens is 346 g/mol. The van der Waals surface area contributed by atoms with Gasteiger partial charge in [0.1, 0.15) is 0 Å². The first-order valence-electron chi connectivity index (χ1n) is 8.89. The van der Waals surface area contributed by atoms with Crippen molar-refractivity contribution in [2.24, 2.45) is 5.92 Å². The summed E-state index contributed by atoms with van der Waals surface area (Å²) in [7, 11) is -3.49. The van der Waals surface area contributed by atoms with Crippen LogP contribution in [0, 0.1) is 5.92 Å². The summed E-state index contributed by atoms with van der Waals surface area (Å²) >= 11 is 0. The Kier molecular flexibility index (Phi) is 5.79. The zero-order valence-electron chi connectivity index (χ0n) is 14.5. The van der Waals surface area contributed by atoms with Crippen LogP contribution in [0.5, 0.6) is 0 Å².